The Balaban J connectivity index is 0.000000236. The van der Waals surface area contributed by atoms with Gasteiger partial charge in [0.05, 0.1) is 0 Å². The maximum absolute atomic E-state index is 8.58. The first-order valence-corrected chi connectivity index (χ1v) is 3.65. The molecule has 0 aromatic rings. The third-order valence-electron chi connectivity index (χ3n) is 1.58. The van der Waals surface area contributed by atoms with Crippen LogP contribution in [0.4, 0.5) is 0 Å². The van der Waals surface area contributed by atoms with E-state index < -0.39 is 0 Å². The fourth-order valence-corrected chi connectivity index (χ4v) is 1.05. The van der Waals surface area contributed by atoms with E-state index in [0.717, 1.165) is 0 Å². The van der Waals surface area contributed by atoms with Crippen LogP contribution in [0.5, 0.6) is 0 Å². The molecule has 0 aromatic carbocycles. The quantitative estimate of drug-likeness (QED) is 0.494. The molecule has 0 aliphatic carbocycles. The van der Waals surface area contributed by atoms with Gasteiger partial charge in [-0.1, -0.05) is 6.42 Å². The summed E-state index contributed by atoms with van der Waals surface area (Å²) in [5.74, 6) is 0. The van der Waals surface area contributed by atoms with Crippen LogP contribution in [-0.2, 0) is 4.79 Å². The van der Waals surface area contributed by atoms with Crippen LogP contribution in [-0.4, -0.2) is 31.4 Å². The second-order valence-electron chi connectivity index (χ2n) is 2.50. The highest BCUT2D eigenvalue weighted by molar-refractivity contribution is 5.42. The highest BCUT2D eigenvalue weighted by Crippen LogP contribution is 2.04. The monoisotopic (exact) mass is 144 g/mol. The predicted molar refractivity (Wildman–Crippen MR) is 41.6 cm³/mol. The predicted octanol–water partition coefficient (Wildman–Crippen LogP) is 0.204. The lowest BCUT2D eigenvalue weighted by Gasteiger charge is -2.20. The van der Waals surface area contributed by atoms with Crippen molar-refractivity contribution in [3.8, 4) is 0 Å². The molecule has 0 radical (unpaired) electrons. The molecule has 0 aromatic heterocycles. The van der Waals surface area contributed by atoms with Gasteiger partial charge in [0.25, 0.3) is 0 Å². The van der Waals surface area contributed by atoms with E-state index in [1.54, 1.807) is 0 Å². The first kappa shape index (κ1) is 9.43. The van der Waals surface area contributed by atoms with Gasteiger partial charge in [-0.2, -0.15) is 0 Å². The fourth-order valence-electron chi connectivity index (χ4n) is 1.05. The Labute approximate surface area is 62.2 Å². The molecular weight excluding hydrogens is 128 g/mol. The van der Waals surface area contributed by atoms with Crippen LogP contribution in [0.2, 0.25) is 0 Å². The van der Waals surface area contributed by atoms with Gasteiger partial charge in [-0.15, -0.1) is 0 Å². The van der Waals surface area contributed by atoms with Crippen molar-refractivity contribution in [1.82, 2.24) is 4.90 Å². The number of nitrogens with zero attached hydrogens (tertiary/aromatic N) is 1. The van der Waals surface area contributed by atoms with Gasteiger partial charge in [0.15, 0.2) is 0 Å². The molecule has 60 valence electrons. The lowest BCUT2D eigenvalue weighted by molar-refractivity contribution is -0.106. The zero-order valence-electron chi connectivity index (χ0n) is 6.55. The number of amides is 1. The van der Waals surface area contributed by atoms with E-state index in [0.29, 0.717) is 0 Å². The van der Waals surface area contributed by atoms with Gasteiger partial charge in [-0.3, -0.25) is 4.79 Å². The van der Waals surface area contributed by atoms with Crippen molar-refractivity contribution in [2.24, 2.45) is 5.73 Å². The standard InChI is InChI=1S/C6H13N.CH3NO/c1-7-5-3-2-4-6-7;2-1-3/h2-6H2,1H3;1H,(H2,2,3). The Morgan fingerprint density at radius 3 is 1.90 bits per heavy atom. The van der Waals surface area contributed by atoms with Crippen LogP contribution in [0.3, 0.4) is 0 Å². The van der Waals surface area contributed by atoms with E-state index in [2.05, 4.69) is 17.7 Å². The highest BCUT2D eigenvalue weighted by Gasteiger charge is 2.02. The summed E-state index contributed by atoms with van der Waals surface area (Å²) in [5.41, 5.74) is 4.17. The minimum Gasteiger partial charge on any atom is -0.372 e. The lowest BCUT2D eigenvalue weighted by atomic mass is 10.1. The van der Waals surface area contributed by atoms with Crippen molar-refractivity contribution < 1.29 is 4.79 Å². The van der Waals surface area contributed by atoms with Crippen molar-refractivity contribution in [3.63, 3.8) is 0 Å². The lowest BCUT2D eigenvalue weighted by Crippen LogP contribution is -2.24. The zero-order valence-corrected chi connectivity index (χ0v) is 6.55. The number of hydrogen-bond acceptors (Lipinski definition) is 2. The molecule has 0 spiro atoms. The van der Waals surface area contributed by atoms with E-state index in [1.165, 1.54) is 32.4 Å². The van der Waals surface area contributed by atoms with Crippen LogP contribution in [0.25, 0.3) is 0 Å². The first-order chi connectivity index (χ1) is 4.81. The summed E-state index contributed by atoms with van der Waals surface area (Å²) < 4.78 is 0. The molecule has 1 fully saturated rings. The van der Waals surface area contributed by atoms with Gasteiger partial charge in [-0.05, 0) is 33.0 Å². The van der Waals surface area contributed by atoms with Gasteiger partial charge in [0.1, 0.15) is 0 Å². The number of rotatable bonds is 0. The maximum atomic E-state index is 8.58. The number of piperidine rings is 1. The molecule has 0 saturated carbocycles. The summed E-state index contributed by atoms with van der Waals surface area (Å²) in [6, 6.07) is 0. The van der Waals surface area contributed by atoms with Gasteiger partial charge in [0.2, 0.25) is 6.41 Å². The molecular formula is C7H16N2O. The van der Waals surface area contributed by atoms with Crippen molar-refractivity contribution >= 4 is 6.41 Å². The van der Waals surface area contributed by atoms with E-state index in [-0.39, 0.29) is 6.41 Å². The van der Waals surface area contributed by atoms with Crippen molar-refractivity contribution in [2.75, 3.05) is 20.1 Å². The number of primary amides is 1. The maximum Gasteiger partial charge on any atom is 0.204 e. The smallest absolute Gasteiger partial charge is 0.204 e. The summed E-state index contributed by atoms with van der Waals surface area (Å²) in [4.78, 5) is 11.0. The van der Waals surface area contributed by atoms with Crippen molar-refractivity contribution in [1.29, 1.82) is 0 Å². The third kappa shape index (κ3) is 5.56. The topological polar surface area (TPSA) is 46.3 Å². The third-order valence-corrected chi connectivity index (χ3v) is 1.58. The molecule has 0 unspecified atom stereocenters. The van der Waals surface area contributed by atoms with Crippen LogP contribution >= 0.6 is 0 Å². The summed E-state index contributed by atoms with van der Waals surface area (Å²) >= 11 is 0. The molecule has 0 atom stereocenters. The molecule has 2 N–H and O–H groups in total. The van der Waals surface area contributed by atoms with Crippen molar-refractivity contribution in [2.45, 2.75) is 19.3 Å². The van der Waals surface area contributed by atoms with Gasteiger partial charge in [-0.25, -0.2) is 0 Å². The summed E-state index contributed by atoms with van der Waals surface area (Å²) in [7, 11) is 2.19. The molecule has 10 heavy (non-hydrogen) atoms. The molecule has 1 amide bonds. The first-order valence-electron chi connectivity index (χ1n) is 3.65. The summed E-state index contributed by atoms with van der Waals surface area (Å²) in [6.45, 7) is 2.64. The Morgan fingerprint density at radius 1 is 1.30 bits per heavy atom. The largest absolute Gasteiger partial charge is 0.372 e. The van der Waals surface area contributed by atoms with Crippen LogP contribution in [0.15, 0.2) is 0 Å². The Morgan fingerprint density at radius 2 is 1.70 bits per heavy atom. The molecule has 1 aliphatic rings. The Kier molecular flexibility index (Phi) is 6.18. The van der Waals surface area contributed by atoms with E-state index >= 15 is 0 Å². The number of nitrogens with two attached hydrogens (primary N) is 1. The van der Waals surface area contributed by atoms with Gasteiger partial charge in [0, 0.05) is 0 Å². The van der Waals surface area contributed by atoms with E-state index in [4.69, 9.17) is 4.79 Å². The van der Waals surface area contributed by atoms with Crippen LogP contribution < -0.4 is 5.73 Å². The van der Waals surface area contributed by atoms with Crippen LogP contribution in [0.1, 0.15) is 19.3 Å². The second kappa shape index (κ2) is 6.55. The normalized spacial score (nSPS) is 18.9. The number of likely N-dealkylation sites (tertiary alicyclic amines) is 1. The SMILES string of the molecule is CN1CCCCC1.NC=O. The second-order valence-corrected chi connectivity index (χ2v) is 2.50. The fraction of sp³-hybridized carbons (Fsp3) is 0.857. The number of carbonyl (C=O) groups excluding carboxylic acids is 1. The number of carbonyl (C=O) groups is 1. The molecule has 1 saturated heterocycles. The Hall–Kier alpha value is -0.570. The average molecular weight is 144 g/mol. The average Bonchev–Trinajstić information content (AvgIpc) is 1.91. The molecule has 1 aliphatic heterocycles. The molecule has 3 nitrogen and oxygen atoms in total. The summed E-state index contributed by atoms with van der Waals surface area (Å²) in [6.07, 6.45) is 4.53. The molecule has 0 bridgehead atoms. The molecule has 1 rings (SSSR count). The van der Waals surface area contributed by atoms with Crippen molar-refractivity contribution in [3.05, 3.63) is 0 Å². The van der Waals surface area contributed by atoms with E-state index in [9.17, 15) is 0 Å². The zero-order chi connectivity index (χ0) is 7.82. The van der Waals surface area contributed by atoms with Gasteiger partial charge >= 0.3 is 0 Å². The highest BCUT2D eigenvalue weighted by atomic mass is 16.1. The van der Waals surface area contributed by atoms with E-state index in [1.807, 2.05) is 0 Å². The van der Waals surface area contributed by atoms with Crippen LogP contribution in [0, 0.1) is 0 Å². The molecule has 1 heterocycles. The minimum atomic E-state index is 0.250. The minimum absolute atomic E-state index is 0.250. The van der Waals surface area contributed by atoms with Gasteiger partial charge < -0.3 is 10.6 Å². The molecule has 3 heteroatoms. The number of hydrogen-bond donors (Lipinski definition) is 1. The summed E-state index contributed by atoms with van der Waals surface area (Å²) in [5, 5.41) is 0. The Bertz CT molecular complexity index is 79.7.